The van der Waals surface area contributed by atoms with Gasteiger partial charge in [0.25, 0.3) is 5.91 Å². The number of carbonyl (C=O) groups is 1. The summed E-state index contributed by atoms with van der Waals surface area (Å²) in [5.41, 5.74) is 2.90. The topological polar surface area (TPSA) is 36.4 Å². The fourth-order valence-electron chi connectivity index (χ4n) is 4.44. The molecule has 28 heavy (non-hydrogen) atoms. The number of rotatable bonds is 4. The van der Waals surface area contributed by atoms with Gasteiger partial charge in [0.2, 0.25) is 0 Å². The van der Waals surface area contributed by atoms with Crippen LogP contribution >= 0.6 is 11.3 Å². The molecule has 2 saturated heterocycles. The first-order valence-corrected chi connectivity index (χ1v) is 11.5. The van der Waals surface area contributed by atoms with Crippen LogP contribution in [0.2, 0.25) is 0 Å². The molecule has 2 aromatic rings. The molecule has 2 fully saturated rings. The van der Waals surface area contributed by atoms with Gasteiger partial charge < -0.3 is 4.90 Å². The van der Waals surface area contributed by atoms with E-state index in [1.165, 1.54) is 4.88 Å². The average Bonchev–Trinajstić information content (AvgIpc) is 3.22. The van der Waals surface area contributed by atoms with Gasteiger partial charge in [-0.25, -0.2) is 0 Å². The minimum atomic E-state index is 0.190. The Hall–Kier alpha value is -1.72. The van der Waals surface area contributed by atoms with E-state index >= 15 is 0 Å². The second kappa shape index (κ2) is 8.75. The Morgan fingerprint density at radius 3 is 2.54 bits per heavy atom. The Balaban J connectivity index is 1.45. The minimum absolute atomic E-state index is 0.190. The number of aromatic nitrogens is 1. The van der Waals surface area contributed by atoms with Crippen LogP contribution in [0.15, 0.2) is 29.6 Å². The van der Waals surface area contributed by atoms with Crippen LogP contribution in [0.4, 0.5) is 0 Å². The van der Waals surface area contributed by atoms with Gasteiger partial charge in [0.15, 0.2) is 0 Å². The van der Waals surface area contributed by atoms with Gasteiger partial charge >= 0.3 is 0 Å². The van der Waals surface area contributed by atoms with Crippen LogP contribution in [0.5, 0.6) is 0 Å². The fraction of sp³-hybridized carbons (Fsp3) is 0.565. The molecule has 0 bridgehead atoms. The first kappa shape index (κ1) is 19.6. The number of aryl methyl sites for hydroxylation is 1. The predicted octanol–water partition coefficient (Wildman–Crippen LogP) is 4.70. The molecule has 0 atom stereocenters. The van der Waals surface area contributed by atoms with Crippen molar-refractivity contribution < 1.29 is 4.79 Å². The highest BCUT2D eigenvalue weighted by atomic mass is 32.1. The monoisotopic (exact) mass is 397 g/mol. The summed E-state index contributed by atoms with van der Waals surface area (Å²) in [6.07, 6.45) is 4.39. The van der Waals surface area contributed by atoms with Gasteiger partial charge in [-0.1, -0.05) is 13.0 Å². The minimum Gasteiger partial charge on any atom is -0.339 e. The fourth-order valence-corrected chi connectivity index (χ4v) is 5.18. The number of carbonyl (C=O) groups excluding carboxylic acids is 1. The third-order valence-corrected chi connectivity index (χ3v) is 7.16. The number of piperidine rings is 2. The van der Waals surface area contributed by atoms with Gasteiger partial charge in [0.05, 0.1) is 11.3 Å². The Labute approximate surface area is 172 Å². The maximum absolute atomic E-state index is 13.2. The standard InChI is InChI=1S/C23H31N3OS/c1-17-7-13-26(14-8-17)23(27)21-6-5-18(2)24-22(21)19-9-11-25(12-10-19)16-20-4-3-15-28-20/h3-6,15,17,19H,7-14,16H2,1-2H3. The molecular formula is C23H31N3OS. The van der Waals surface area contributed by atoms with Gasteiger partial charge in [-0.3, -0.25) is 14.7 Å². The molecule has 5 heteroatoms. The smallest absolute Gasteiger partial charge is 0.255 e. The number of thiophene rings is 1. The van der Waals surface area contributed by atoms with E-state index in [1.807, 2.05) is 35.3 Å². The molecule has 2 aliphatic heterocycles. The highest BCUT2D eigenvalue weighted by Gasteiger charge is 2.29. The van der Waals surface area contributed by atoms with Crippen LogP contribution in [0.25, 0.3) is 0 Å². The number of nitrogens with zero attached hydrogens (tertiary/aromatic N) is 3. The van der Waals surface area contributed by atoms with Gasteiger partial charge in [0, 0.05) is 36.1 Å². The molecule has 150 valence electrons. The van der Waals surface area contributed by atoms with Crippen molar-refractivity contribution in [2.45, 2.75) is 52.0 Å². The quantitative estimate of drug-likeness (QED) is 0.750. The number of amides is 1. The van der Waals surface area contributed by atoms with E-state index in [-0.39, 0.29) is 5.91 Å². The number of pyridine rings is 1. The van der Waals surface area contributed by atoms with Gasteiger partial charge in [-0.2, -0.15) is 0 Å². The second-order valence-corrected chi connectivity index (χ2v) is 9.52. The predicted molar refractivity (Wildman–Crippen MR) is 115 cm³/mol. The first-order valence-electron chi connectivity index (χ1n) is 10.6. The molecule has 2 aliphatic rings. The van der Waals surface area contributed by atoms with Crippen molar-refractivity contribution in [3.8, 4) is 0 Å². The molecule has 0 radical (unpaired) electrons. The summed E-state index contributed by atoms with van der Waals surface area (Å²) in [5.74, 6) is 1.31. The maximum Gasteiger partial charge on any atom is 0.255 e. The lowest BCUT2D eigenvalue weighted by Gasteiger charge is -2.34. The maximum atomic E-state index is 13.2. The summed E-state index contributed by atoms with van der Waals surface area (Å²) >= 11 is 1.83. The lowest BCUT2D eigenvalue weighted by Crippen LogP contribution is -2.39. The Bertz CT molecular complexity index is 788. The zero-order chi connectivity index (χ0) is 19.5. The van der Waals surface area contributed by atoms with E-state index < -0.39 is 0 Å². The molecule has 0 unspecified atom stereocenters. The zero-order valence-electron chi connectivity index (χ0n) is 17.1. The van der Waals surface area contributed by atoms with Crippen LogP contribution in [0.1, 0.15) is 65.1 Å². The van der Waals surface area contributed by atoms with Crippen molar-refractivity contribution in [3.63, 3.8) is 0 Å². The normalized spacial score (nSPS) is 19.9. The van der Waals surface area contributed by atoms with Crippen LogP contribution in [0, 0.1) is 12.8 Å². The van der Waals surface area contributed by atoms with Crippen molar-refractivity contribution in [1.29, 1.82) is 0 Å². The van der Waals surface area contributed by atoms with Crippen LogP contribution in [-0.2, 0) is 6.54 Å². The molecule has 4 nitrogen and oxygen atoms in total. The summed E-state index contributed by atoms with van der Waals surface area (Å²) in [5, 5.41) is 2.15. The van der Waals surface area contributed by atoms with Crippen LogP contribution in [-0.4, -0.2) is 46.9 Å². The summed E-state index contributed by atoms with van der Waals surface area (Å²) < 4.78 is 0. The first-order chi connectivity index (χ1) is 13.6. The molecule has 2 aromatic heterocycles. The van der Waals surface area contributed by atoms with E-state index in [9.17, 15) is 4.79 Å². The third-order valence-electron chi connectivity index (χ3n) is 6.30. The van der Waals surface area contributed by atoms with Gasteiger partial charge in [-0.15, -0.1) is 11.3 Å². The van der Waals surface area contributed by atoms with Gasteiger partial charge in [-0.05, 0) is 75.2 Å². The molecule has 0 aromatic carbocycles. The van der Waals surface area contributed by atoms with E-state index in [1.54, 1.807) is 0 Å². The summed E-state index contributed by atoms with van der Waals surface area (Å²) in [6, 6.07) is 8.36. The van der Waals surface area contributed by atoms with Crippen molar-refractivity contribution in [2.24, 2.45) is 5.92 Å². The molecular weight excluding hydrogens is 366 g/mol. The van der Waals surface area contributed by atoms with Crippen LogP contribution < -0.4 is 0 Å². The van der Waals surface area contributed by atoms with E-state index in [0.717, 1.165) is 81.3 Å². The number of hydrogen-bond donors (Lipinski definition) is 0. The summed E-state index contributed by atoms with van der Waals surface area (Å²) in [7, 11) is 0. The van der Waals surface area contributed by atoms with Crippen molar-refractivity contribution in [2.75, 3.05) is 26.2 Å². The van der Waals surface area contributed by atoms with Crippen molar-refractivity contribution >= 4 is 17.2 Å². The highest BCUT2D eigenvalue weighted by Crippen LogP contribution is 2.31. The average molecular weight is 398 g/mol. The SMILES string of the molecule is Cc1ccc(C(=O)N2CCC(C)CC2)c(C2CCN(Cc3cccs3)CC2)n1. The third kappa shape index (κ3) is 4.47. The summed E-state index contributed by atoms with van der Waals surface area (Å²) in [6.45, 7) is 9.28. The highest BCUT2D eigenvalue weighted by molar-refractivity contribution is 7.09. The lowest BCUT2D eigenvalue weighted by molar-refractivity contribution is 0.0694. The number of likely N-dealkylation sites (tertiary alicyclic amines) is 2. The van der Waals surface area contributed by atoms with Crippen molar-refractivity contribution in [3.05, 3.63) is 51.5 Å². The van der Waals surface area contributed by atoms with E-state index in [0.29, 0.717) is 5.92 Å². The van der Waals surface area contributed by atoms with Gasteiger partial charge in [0.1, 0.15) is 0 Å². The van der Waals surface area contributed by atoms with Crippen molar-refractivity contribution in [1.82, 2.24) is 14.8 Å². The summed E-state index contributed by atoms with van der Waals surface area (Å²) in [4.78, 5) is 24.1. The largest absolute Gasteiger partial charge is 0.339 e. The zero-order valence-corrected chi connectivity index (χ0v) is 17.9. The molecule has 4 heterocycles. The molecule has 0 saturated carbocycles. The molecule has 4 rings (SSSR count). The lowest BCUT2D eigenvalue weighted by atomic mass is 9.89. The van der Waals surface area contributed by atoms with Crippen LogP contribution in [0.3, 0.4) is 0 Å². The Morgan fingerprint density at radius 2 is 1.86 bits per heavy atom. The van der Waals surface area contributed by atoms with E-state index in [4.69, 9.17) is 4.98 Å². The Morgan fingerprint density at radius 1 is 1.11 bits per heavy atom. The molecule has 0 N–H and O–H groups in total. The molecule has 0 spiro atoms. The molecule has 1 amide bonds. The Kier molecular flexibility index (Phi) is 6.12. The molecule has 0 aliphatic carbocycles. The second-order valence-electron chi connectivity index (χ2n) is 8.49. The number of hydrogen-bond acceptors (Lipinski definition) is 4. The van der Waals surface area contributed by atoms with E-state index in [2.05, 4.69) is 29.3 Å².